The summed E-state index contributed by atoms with van der Waals surface area (Å²) in [6, 6.07) is 16.3. The Balaban J connectivity index is 0.987. The number of amides is 1. The first-order chi connectivity index (χ1) is 26.2. The van der Waals surface area contributed by atoms with Crippen molar-refractivity contribution in [2.75, 3.05) is 20.2 Å². The van der Waals surface area contributed by atoms with E-state index >= 15 is 0 Å². The molecule has 12 nitrogen and oxygen atoms in total. The fraction of sp³-hybridized carbons (Fsp3) is 0.400. The lowest BCUT2D eigenvalue weighted by atomic mass is 9.94. The lowest BCUT2D eigenvalue weighted by Gasteiger charge is -2.17. The minimum absolute atomic E-state index is 0.0888. The van der Waals surface area contributed by atoms with Crippen LogP contribution in [0, 0.1) is 5.92 Å². The number of carbonyl (C=O) groups excluding carboxylic acids is 2. The number of hydrogen-bond acceptors (Lipinski definition) is 10. The molecule has 3 atom stereocenters. The lowest BCUT2D eigenvalue weighted by molar-refractivity contribution is -0.119. The Hall–Kier alpha value is -4.62. The highest BCUT2D eigenvalue weighted by atomic mass is 35.5. The van der Waals surface area contributed by atoms with Gasteiger partial charge >= 0.3 is 0 Å². The van der Waals surface area contributed by atoms with Gasteiger partial charge in [-0.2, -0.15) is 10.1 Å². The van der Waals surface area contributed by atoms with Crippen LogP contribution in [0.2, 0.25) is 10.2 Å². The molecule has 0 spiro atoms. The number of halogens is 2. The third-order valence-electron chi connectivity index (χ3n) is 10.7. The summed E-state index contributed by atoms with van der Waals surface area (Å²) in [6.45, 7) is 2.51. The van der Waals surface area contributed by atoms with Crippen LogP contribution in [-0.4, -0.2) is 62.7 Å². The Morgan fingerprint density at radius 2 is 1.69 bits per heavy atom. The summed E-state index contributed by atoms with van der Waals surface area (Å²) < 4.78 is 13.9. The molecule has 2 aliphatic carbocycles. The van der Waals surface area contributed by atoms with Crippen molar-refractivity contribution < 1.29 is 19.1 Å². The second-order valence-corrected chi connectivity index (χ2v) is 15.1. The van der Waals surface area contributed by atoms with Crippen molar-refractivity contribution in [2.45, 2.75) is 70.2 Å². The zero-order valence-corrected chi connectivity index (χ0v) is 31.8. The number of nitrogens with zero attached hydrogens (tertiary/aromatic N) is 5. The molecule has 2 fully saturated rings. The molecule has 8 rings (SSSR count). The van der Waals surface area contributed by atoms with Gasteiger partial charge in [-0.15, -0.1) is 0 Å². The quantitative estimate of drug-likeness (QED) is 0.125. The van der Waals surface area contributed by atoms with Gasteiger partial charge in [0.1, 0.15) is 23.1 Å². The van der Waals surface area contributed by atoms with Gasteiger partial charge in [-0.1, -0.05) is 65.7 Å². The Morgan fingerprint density at radius 1 is 0.870 bits per heavy atom. The molecular weight excluding hydrogens is 727 g/mol. The van der Waals surface area contributed by atoms with Crippen molar-refractivity contribution in [1.82, 2.24) is 40.7 Å². The predicted molar refractivity (Wildman–Crippen MR) is 207 cm³/mol. The Bertz CT molecular complexity index is 2240. The van der Waals surface area contributed by atoms with E-state index < -0.39 is 0 Å². The van der Waals surface area contributed by atoms with E-state index in [4.69, 9.17) is 42.6 Å². The number of pyridine rings is 1. The summed E-state index contributed by atoms with van der Waals surface area (Å²) >= 11 is 13.9. The number of ketones is 1. The number of hydrogen-bond donors (Lipinski definition) is 3. The van der Waals surface area contributed by atoms with E-state index in [0.29, 0.717) is 72.7 Å². The molecule has 14 heteroatoms. The third-order valence-corrected chi connectivity index (χ3v) is 11.3. The number of nitrogens with one attached hydrogen (secondary N) is 3. The number of aromatic nitrogens is 5. The van der Waals surface area contributed by atoms with Gasteiger partial charge in [0.15, 0.2) is 10.8 Å². The first-order valence-electron chi connectivity index (χ1n) is 18.5. The molecule has 1 amide bonds. The number of rotatable bonds is 13. The van der Waals surface area contributed by atoms with Crippen molar-refractivity contribution in [3.05, 3.63) is 81.1 Å². The Morgan fingerprint density at radius 3 is 2.48 bits per heavy atom. The molecule has 0 radical (unpaired) electrons. The molecule has 1 saturated carbocycles. The van der Waals surface area contributed by atoms with E-state index in [1.165, 1.54) is 0 Å². The standard InChI is InChI=1S/C40H42Cl2N8O4/c1-50-38-36(32(49-50)21-44-20-24-11-16-34(52)45-24)47-37(42)40(48-38)54-33-15-13-27-26(5-3-6-28(27)33)29-7-4-8-30(35(29)41)31-14-10-23(39(46-31)53-2)19-43-18-22-9-12-25(51)17-22/h3-8,10,14,22,24,33,43-44H,9,11-13,15-21H2,1-2H3,(H,45,52)/t22-,24+,33+/m1/s1. The highest BCUT2D eigenvalue weighted by Crippen LogP contribution is 2.44. The van der Waals surface area contributed by atoms with Crippen LogP contribution in [0.5, 0.6) is 11.8 Å². The molecule has 0 unspecified atom stereocenters. The average molecular weight is 770 g/mol. The topological polar surface area (TPSA) is 145 Å². The monoisotopic (exact) mass is 768 g/mol. The molecule has 2 aromatic carbocycles. The largest absolute Gasteiger partial charge is 0.481 e. The molecule has 54 heavy (non-hydrogen) atoms. The van der Waals surface area contributed by atoms with Crippen LogP contribution in [0.15, 0.2) is 48.5 Å². The van der Waals surface area contributed by atoms with Crippen LogP contribution in [0.4, 0.5) is 0 Å². The summed E-state index contributed by atoms with van der Waals surface area (Å²) in [6.07, 6.45) is 4.92. The number of benzene rings is 2. The summed E-state index contributed by atoms with van der Waals surface area (Å²) in [4.78, 5) is 37.5. The fourth-order valence-corrected chi connectivity index (χ4v) is 8.44. The van der Waals surface area contributed by atoms with E-state index in [-0.39, 0.29) is 29.1 Å². The second-order valence-electron chi connectivity index (χ2n) is 14.3. The van der Waals surface area contributed by atoms with Gasteiger partial charge in [0.05, 0.1) is 17.8 Å². The van der Waals surface area contributed by atoms with Crippen LogP contribution in [0.3, 0.4) is 0 Å². The van der Waals surface area contributed by atoms with Crippen molar-refractivity contribution in [2.24, 2.45) is 13.0 Å². The highest BCUT2D eigenvalue weighted by molar-refractivity contribution is 6.36. The van der Waals surface area contributed by atoms with Gasteiger partial charge < -0.3 is 25.4 Å². The lowest BCUT2D eigenvalue weighted by Crippen LogP contribution is -2.35. The van der Waals surface area contributed by atoms with E-state index in [0.717, 1.165) is 77.0 Å². The minimum Gasteiger partial charge on any atom is -0.481 e. The number of Topliss-reactive ketones (excluding diaryl/α,β-unsaturated/α-hetero) is 1. The molecule has 0 bridgehead atoms. The molecule has 3 N–H and O–H groups in total. The zero-order valence-electron chi connectivity index (χ0n) is 30.3. The molecule has 1 saturated heterocycles. The number of methoxy groups -OCH3 is 1. The van der Waals surface area contributed by atoms with Crippen molar-refractivity contribution in [1.29, 1.82) is 0 Å². The van der Waals surface area contributed by atoms with Crippen LogP contribution in [-0.2, 0) is 36.1 Å². The average Bonchev–Trinajstić information content (AvgIpc) is 3.96. The molecule has 280 valence electrons. The number of carbonyl (C=O) groups is 2. The maximum atomic E-state index is 11.7. The number of fused-ring (bicyclic) bond motifs is 2. The SMILES string of the molecule is COc1nc(-c2cccc(-c3cccc4c3CC[C@@H]4Oc3nc4c(nc3Cl)c(CNC[C@@H]3CCC(=O)N3)nn4C)c2Cl)ccc1CNC[C@@H]1CCC(=O)C1. The summed E-state index contributed by atoms with van der Waals surface area (Å²) in [5, 5.41) is 15.2. The molecular formula is C40H42Cl2N8O4. The maximum absolute atomic E-state index is 11.7. The smallest absolute Gasteiger partial charge is 0.254 e. The summed E-state index contributed by atoms with van der Waals surface area (Å²) in [5.74, 6) is 1.63. The third kappa shape index (κ3) is 7.40. The van der Waals surface area contributed by atoms with Gasteiger partial charge in [-0.3, -0.25) is 9.59 Å². The van der Waals surface area contributed by atoms with Crippen LogP contribution < -0.4 is 25.4 Å². The van der Waals surface area contributed by atoms with Gasteiger partial charge in [0.2, 0.25) is 11.8 Å². The Labute approximate surface area is 323 Å². The fourth-order valence-electron chi connectivity index (χ4n) is 7.95. The van der Waals surface area contributed by atoms with Crippen LogP contribution in [0.1, 0.15) is 67.0 Å². The second kappa shape index (κ2) is 15.6. The Kier molecular flexibility index (Phi) is 10.5. The van der Waals surface area contributed by atoms with Gasteiger partial charge in [0.25, 0.3) is 5.88 Å². The minimum atomic E-state index is -0.275. The normalized spacial score (nSPS) is 19.4. The van der Waals surface area contributed by atoms with Crippen molar-refractivity contribution in [3.8, 4) is 34.1 Å². The van der Waals surface area contributed by atoms with E-state index in [1.54, 1.807) is 11.8 Å². The molecule has 5 aromatic rings. The highest BCUT2D eigenvalue weighted by Gasteiger charge is 2.30. The summed E-state index contributed by atoms with van der Waals surface area (Å²) in [5.41, 5.74) is 8.56. The zero-order chi connectivity index (χ0) is 37.3. The molecule has 3 aliphatic rings. The number of ether oxygens (including phenoxy) is 2. The van der Waals surface area contributed by atoms with Crippen LogP contribution >= 0.6 is 23.2 Å². The van der Waals surface area contributed by atoms with E-state index in [2.05, 4.69) is 38.2 Å². The van der Waals surface area contributed by atoms with Gasteiger partial charge in [-0.05, 0) is 60.9 Å². The van der Waals surface area contributed by atoms with E-state index in [1.807, 2.05) is 43.4 Å². The summed E-state index contributed by atoms with van der Waals surface area (Å²) in [7, 11) is 3.45. The van der Waals surface area contributed by atoms with Gasteiger partial charge in [-0.25, -0.2) is 14.6 Å². The molecule has 1 aliphatic heterocycles. The first kappa shape index (κ1) is 36.4. The predicted octanol–water partition coefficient (Wildman–Crippen LogP) is 6.30. The van der Waals surface area contributed by atoms with Crippen LogP contribution in [0.25, 0.3) is 33.5 Å². The van der Waals surface area contributed by atoms with Crippen molar-refractivity contribution >= 4 is 46.1 Å². The molecule has 3 aromatic heterocycles. The molecule has 4 heterocycles. The first-order valence-corrected chi connectivity index (χ1v) is 19.2. The van der Waals surface area contributed by atoms with E-state index in [9.17, 15) is 9.59 Å². The number of aryl methyl sites for hydroxylation is 1. The van der Waals surface area contributed by atoms with Crippen molar-refractivity contribution in [3.63, 3.8) is 0 Å². The van der Waals surface area contributed by atoms with Gasteiger partial charge in [0, 0.05) is 68.7 Å². The maximum Gasteiger partial charge on any atom is 0.254 e.